The number of hydrogen-bond donors (Lipinski definition) is 1. The first kappa shape index (κ1) is 11.5. The molecule has 2 aromatic carbocycles. The summed E-state index contributed by atoms with van der Waals surface area (Å²) in [6.45, 7) is 0. The highest BCUT2D eigenvalue weighted by molar-refractivity contribution is 5.78. The second kappa shape index (κ2) is 4.61. The first-order valence-electron chi connectivity index (χ1n) is 6.02. The van der Waals surface area contributed by atoms with Crippen molar-refractivity contribution in [2.45, 2.75) is 6.42 Å². The quantitative estimate of drug-likeness (QED) is 0.713. The van der Waals surface area contributed by atoms with Gasteiger partial charge in [-0.3, -0.25) is 0 Å². The van der Waals surface area contributed by atoms with E-state index in [4.69, 9.17) is 4.42 Å². The Kier molecular flexibility index (Phi) is 2.80. The van der Waals surface area contributed by atoms with Gasteiger partial charge in [-0.25, -0.2) is 4.79 Å². The average Bonchev–Trinajstić information content (AvgIpc) is 2.41. The van der Waals surface area contributed by atoms with Gasteiger partial charge in [-0.05, 0) is 23.8 Å². The third kappa shape index (κ3) is 2.36. The van der Waals surface area contributed by atoms with Gasteiger partial charge in [0.1, 0.15) is 11.3 Å². The second-order valence-corrected chi connectivity index (χ2v) is 4.44. The molecule has 3 rings (SSSR count). The molecule has 1 heterocycles. The molecule has 0 aliphatic rings. The van der Waals surface area contributed by atoms with Gasteiger partial charge in [0.05, 0.1) is 0 Å². The Morgan fingerprint density at radius 3 is 2.58 bits per heavy atom. The lowest BCUT2D eigenvalue weighted by Crippen LogP contribution is -2.07. The van der Waals surface area contributed by atoms with E-state index in [1.54, 1.807) is 12.1 Å². The lowest BCUT2D eigenvalue weighted by Gasteiger charge is -2.03. The fourth-order valence-corrected chi connectivity index (χ4v) is 2.08. The third-order valence-corrected chi connectivity index (χ3v) is 3.03. The molecule has 0 aliphatic heterocycles. The molecule has 0 spiro atoms. The van der Waals surface area contributed by atoms with Crippen LogP contribution in [-0.2, 0) is 6.42 Å². The summed E-state index contributed by atoms with van der Waals surface area (Å²) in [5.41, 5.74) is 1.72. The molecule has 0 atom stereocenters. The van der Waals surface area contributed by atoms with E-state index in [9.17, 15) is 9.90 Å². The Balaban J connectivity index is 2.07. The normalized spacial score (nSPS) is 10.7. The van der Waals surface area contributed by atoms with Gasteiger partial charge in [-0.2, -0.15) is 0 Å². The summed E-state index contributed by atoms with van der Waals surface area (Å²) in [7, 11) is 0. The number of phenolic OH excluding ortho intramolecular Hbond substituents is 1. The van der Waals surface area contributed by atoms with Crippen LogP contribution in [0.25, 0.3) is 11.0 Å². The number of rotatable bonds is 2. The zero-order valence-electron chi connectivity index (χ0n) is 10.2. The summed E-state index contributed by atoms with van der Waals surface area (Å²) in [6, 6.07) is 16.3. The maximum atomic E-state index is 11.9. The van der Waals surface area contributed by atoms with Crippen LogP contribution in [0, 0.1) is 0 Å². The van der Waals surface area contributed by atoms with Gasteiger partial charge in [0.2, 0.25) is 0 Å². The number of phenols is 1. The van der Waals surface area contributed by atoms with Crippen LogP contribution in [0.1, 0.15) is 11.1 Å². The predicted molar refractivity (Wildman–Crippen MR) is 73.4 cm³/mol. The molecule has 0 unspecified atom stereocenters. The standard InChI is InChI=1S/C16H12O3/c17-14-7-6-12-9-13(16(18)19-15(12)10-14)8-11-4-2-1-3-5-11/h1-7,9-10,17H,8H2. The maximum Gasteiger partial charge on any atom is 0.339 e. The summed E-state index contributed by atoms with van der Waals surface area (Å²) in [5.74, 6) is 0.0893. The van der Waals surface area contributed by atoms with E-state index < -0.39 is 0 Å². The van der Waals surface area contributed by atoms with Crippen molar-refractivity contribution >= 4 is 11.0 Å². The summed E-state index contributed by atoms with van der Waals surface area (Å²) in [5, 5.41) is 10.2. The van der Waals surface area contributed by atoms with Gasteiger partial charge >= 0.3 is 5.63 Å². The van der Waals surface area contributed by atoms with Crippen molar-refractivity contribution in [2.24, 2.45) is 0 Å². The minimum absolute atomic E-state index is 0.0893. The van der Waals surface area contributed by atoms with Gasteiger partial charge in [0.25, 0.3) is 0 Å². The molecule has 0 saturated carbocycles. The molecule has 94 valence electrons. The zero-order valence-corrected chi connectivity index (χ0v) is 10.2. The van der Waals surface area contributed by atoms with E-state index in [1.807, 2.05) is 36.4 Å². The third-order valence-electron chi connectivity index (χ3n) is 3.03. The molecule has 19 heavy (non-hydrogen) atoms. The van der Waals surface area contributed by atoms with Gasteiger partial charge in [-0.15, -0.1) is 0 Å². The molecule has 3 nitrogen and oxygen atoms in total. The fraction of sp³-hybridized carbons (Fsp3) is 0.0625. The highest BCUT2D eigenvalue weighted by atomic mass is 16.4. The summed E-state index contributed by atoms with van der Waals surface area (Å²) in [6.07, 6.45) is 0.542. The van der Waals surface area contributed by atoms with Crippen molar-refractivity contribution in [3.63, 3.8) is 0 Å². The minimum Gasteiger partial charge on any atom is -0.508 e. The summed E-state index contributed by atoms with van der Waals surface area (Å²) >= 11 is 0. The predicted octanol–water partition coefficient (Wildman–Crippen LogP) is 3.09. The van der Waals surface area contributed by atoms with Gasteiger partial charge < -0.3 is 9.52 Å². The first-order valence-corrected chi connectivity index (χ1v) is 6.02. The van der Waals surface area contributed by atoms with Crippen molar-refractivity contribution in [2.75, 3.05) is 0 Å². The van der Waals surface area contributed by atoms with Gasteiger partial charge in [-0.1, -0.05) is 30.3 Å². The molecule has 0 saturated heterocycles. The molecule has 1 N–H and O–H groups in total. The smallest absolute Gasteiger partial charge is 0.339 e. The number of fused-ring (bicyclic) bond motifs is 1. The Bertz CT molecular complexity index is 773. The van der Waals surface area contributed by atoms with E-state index in [1.165, 1.54) is 6.07 Å². The van der Waals surface area contributed by atoms with E-state index in [2.05, 4.69) is 0 Å². The molecule has 3 heteroatoms. The lowest BCUT2D eigenvalue weighted by molar-refractivity contribution is 0.473. The second-order valence-electron chi connectivity index (χ2n) is 4.44. The average molecular weight is 252 g/mol. The molecule has 0 fully saturated rings. The van der Waals surface area contributed by atoms with Crippen LogP contribution in [0.15, 0.2) is 63.8 Å². The molecule has 3 aromatic rings. The molecule has 0 amide bonds. The van der Waals surface area contributed by atoms with Crippen LogP contribution in [0.5, 0.6) is 5.75 Å². The van der Waals surface area contributed by atoms with Crippen LogP contribution in [0.4, 0.5) is 0 Å². The van der Waals surface area contributed by atoms with Crippen LogP contribution < -0.4 is 5.63 Å². The fourth-order valence-electron chi connectivity index (χ4n) is 2.08. The van der Waals surface area contributed by atoms with E-state index in [0.29, 0.717) is 17.6 Å². The van der Waals surface area contributed by atoms with Crippen LogP contribution in [-0.4, -0.2) is 5.11 Å². The van der Waals surface area contributed by atoms with Crippen molar-refractivity contribution in [3.05, 3.63) is 76.1 Å². The Morgan fingerprint density at radius 1 is 1.00 bits per heavy atom. The molecule has 1 aromatic heterocycles. The van der Waals surface area contributed by atoms with Crippen molar-refractivity contribution in [1.82, 2.24) is 0 Å². The highest BCUT2D eigenvalue weighted by Crippen LogP contribution is 2.20. The van der Waals surface area contributed by atoms with Crippen LogP contribution in [0.3, 0.4) is 0 Å². The Morgan fingerprint density at radius 2 is 1.79 bits per heavy atom. The number of benzene rings is 2. The first-order chi connectivity index (χ1) is 9.22. The van der Waals surface area contributed by atoms with Gasteiger partial charge in [0.15, 0.2) is 0 Å². The van der Waals surface area contributed by atoms with E-state index in [-0.39, 0.29) is 11.4 Å². The molecule has 0 aliphatic carbocycles. The van der Waals surface area contributed by atoms with Crippen molar-refractivity contribution in [3.8, 4) is 5.75 Å². The molecular weight excluding hydrogens is 240 g/mol. The van der Waals surface area contributed by atoms with Crippen molar-refractivity contribution < 1.29 is 9.52 Å². The Labute approximate surface area is 109 Å². The molecular formula is C16H12O3. The minimum atomic E-state index is -0.359. The van der Waals surface area contributed by atoms with Crippen LogP contribution >= 0.6 is 0 Å². The molecule has 0 radical (unpaired) electrons. The van der Waals surface area contributed by atoms with E-state index >= 15 is 0 Å². The Hall–Kier alpha value is -2.55. The highest BCUT2D eigenvalue weighted by Gasteiger charge is 2.06. The monoisotopic (exact) mass is 252 g/mol. The number of aromatic hydroxyl groups is 1. The molecule has 0 bridgehead atoms. The SMILES string of the molecule is O=c1oc2cc(O)ccc2cc1Cc1ccccc1. The summed E-state index contributed by atoms with van der Waals surface area (Å²) < 4.78 is 5.23. The number of hydrogen-bond acceptors (Lipinski definition) is 3. The van der Waals surface area contributed by atoms with Crippen LogP contribution in [0.2, 0.25) is 0 Å². The van der Waals surface area contributed by atoms with E-state index in [0.717, 1.165) is 10.9 Å². The zero-order chi connectivity index (χ0) is 13.2. The maximum absolute atomic E-state index is 11.9. The van der Waals surface area contributed by atoms with Gasteiger partial charge in [0, 0.05) is 23.4 Å². The summed E-state index contributed by atoms with van der Waals surface area (Å²) in [4.78, 5) is 11.9. The lowest BCUT2D eigenvalue weighted by atomic mass is 10.1. The largest absolute Gasteiger partial charge is 0.508 e. The van der Waals surface area contributed by atoms with Crippen molar-refractivity contribution in [1.29, 1.82) is 0 Å². The topological polar surface area (TPSA) is 50.4 Å².